The van der Waals surface area contributed by atoms with Crippen molar-refractivity contribution >= 4 is 11.9 Å². The number of hydrogen-bond donors (Lipinski definition) is 3. The van der Waals surface area contributed by atoms with Crippen molar-refractivity contribution in [3.05, 3.63) is 0 Å². The molecule has 0 aromatic rings. The Morgan fingerprint density at radius 3 is 2.71 bits per heavy atom. The summed E-state index contributed by atoms with van der Waals surface area (Å²) in [5.74, 6) is 0.835. The average Bonchev–Trinajstić information content (AvgIpc) is 2.92. The van der Waals surface area contributed by atoms with Gasteiger partial charge in [0.05, 0.1) is 13.2 Å². The molecule has 0 aliphatic heterocycles. The SMILES string of the molecule is CCNC(=NCCC(=O)NC1CCCC1)NC(C)COC. The van der Waals surface area contributed by atoms with E-state index in [2.05, 4.69) is 20.9 Å². The van der Waals surface area contributed by atoms with Crippen LogP contribution in [0.5, 0.6) is 0 Å². The molecule has 0 bridgehead atoms. The lowest BCUT2D eigenvalue weighted by Gasteiger charge is -2.17. The molecular weight excluding hydrogens is 268 g/mol. The van der Waals surface area contributed by atoms with Crippen molar-refractivity contribution in [1.82, 2.24) is 16.0 Å². The maximum Gasteiger partial charge on any atom is 0.222 e. The molecule has 1 fully saturated rings. The van der Waals surface area contributed by atoms with Crippen LogP contribution in [0.15, 0.2) is 4.99 Å². The van der Waals surface area contributed by atoms with Gasteiger partial charge < -0.3 is 20.7 Å². The van der Waals surface area contributed by atoms with Crippen LogP contribution < -0.4 is 16.0 Å². The smallest absolute Gasteiger partial charge is 0.222 e. The summed E-state index contributed by atoms with van der Waals surface area (Å²) in [6.07, 6.45) is 5.14. The minimum Gasteiger partial charge on any atom is -0.383 e. The number of nitrogens with one attached hydrogen (secondary N) is 3. The largest absolute Gasteiger partial charge is 0.383 e. The van der Waals surface area contributed by atoms with Crippen LogP contribution in [0.25, 0.3) is 0 Å². The number of nitrogens with zero attached hydrogens (tertiary/aromatic N) is 1. The Hall–Kier alpha value is -1.30. The van der Waals surface area contributed by atoms with E-state index in [1.54, 1.807) is 7.11 Å². The summed E-state index contributed by atoms with van der Waals surface area (Å²) in [5.41, 5.74) is 0. The fraction of sp³-hybridized carbons (Fsp3) is 0.867. The third-order valence-electron chi connectivity index (χ3n) is 3.47. The maximum atomic E-state index is 11.8. The third-order valence-corrected chi connectivity index (χ3v) is 3.47. The van der Waals surface area contributed by atoms with Crippen LogP contribution in [0.2, 0.25) is 0 Å². The monoisotopic (exact) mass is 298 g/mol. The van der Waals surface area contributed by atoms with Gasteiger partial charge in [-0.15, -0.1) is 0 Å². The molecule has 0 spiro atoms. The van der Waals surface area contributed by atoms with E-state index in [1.807, 2.05) is 13.8 Å². The minimum atomic E-state index is 0.103. The van der Waals surface area contributed by atoms with Gasteiger partial charge in [-0.25, -0.2) is 0 Å². The number of carbonyl (C=O) groups excluding carboxylic acids is 1. The number of rotatable bonds is 8. The fourth-order valence-electron chi connectivity index (χ4n) is 2.48. The molecule has 6 heteroatoms. The zero-order chi connectivity index (χ0) is 15.5. The van der Waals surface area contributed by atoms with E-state index in [1.165, 1.54) is 12.8 Å². The van der Waals surface area contributed by atoms with Gasteiger partial charge in [0.1, 0.15) is 0 Å². The Morgan fingerprint density at radius 1 is 1.38 bits per heavy atom. The van der Waals surface area contributed by atoms with Crippen molar-refractivity contribution in [2.24, 2.45) is 4.99 Å². The molecule has 0 aromatic heterocycles. The van der Waals surface area contributed by atoms with E-state index < -0.39 is 0 Å². The van der Waals surface area contributed by atoms with Gasteiger partial charge in [0.25, 0.3) is 0 Å². The van der Waals surface area contributed by atoms with Crippen LogP contribution in [0.1, 0.15) is 46.0 Å². The Kier molecular flexibility index (Phi) is 8.82. The van der Waals surface area contributed by atoms with Gasteiger partial charge in [-0.1, -0.05) is 12.8 Å². The summed E-state index contributed by atoms with van der Waals surface area (Å²) in [5, 5.41) is 9.49. The molecule has 122 valence electrons. The molecule has 0 radical (unpaired) electrons. The topological polar surface area (TPSA) is 74.8 Å². The molecule has 6 nitrogen and oxygen atoms in total. The van der Waals surface area contributed by atoms with Crippen molar-refractivity contribution in [3.8, 4) is 0 Å². The quantitative estimate of drug-likeness (QED) is 0.462. The molecule has 1 aliphatic carbocycles. The Bertz CT molecular complexity index is 328. The first-order valence-corrected chi connectivity index (χ1v) is 7.98. The molecule has 0 heterocycles. The second-order valence-electron chi connectivity index (χ2n) is 5.56. The van der Waals surface area contributed by atoms with Crippen LogP contribution >= 0.6 is 0 Å². The molecule has 1 aliphatic rings. The van der Waals surface area contributed by atoms with Gasteiger partial charge in [0, 0.05) is 32.2 Å². The zero-order valence-electron chi connectivity index (χ0n) is 13.6. The molecular formula is C15H30N4O2. The number of guanidine groups is 1. The fourth-order valence-corrected chi connectivity index (χ4v) is 2.48. The summed E-state index contributed by atoms with van der Waals surface area (Å²) in [6, 6.07) is 0.565. The van der Waals surface area contributed by atoms with Crippen molar-refractivity contribution in [3.63, 3.8) is 0 Å². The third kappa shape index (κ3) is 7.90. The lowest BCUT2D eigenvalue weighted by molar-refractivity contribution is -0.121. The van der Waals surface area contributed by atoms with E-state index in [0.29, 0.717) is 25.6 Å². The summed E-state index contributed by atoms with van der Waals surface area (Å²) in [4.78, 5) is 16.3. The van der Waals surface area contributed by atoms with Crippen LogP contribution in [0.4, 0.5) is 0 Å². The van der Waals surface area contributed by atoms with Gasteiger partial charge in [0.2, 0.25) is 5.91 Å². The minimum absolute atomic E-state index is 0.103. The Labute approximate surface area is 128 Å². The summed E-state index contributed by atoms with van der Waals surface area (Å²) in [6.45, 7) is 5.95. The van der Waals surface area contributed by atoms with Gasteiger partial charge in [0.15, 0.2) is 5.96 Å². The molecule has 1 saturated carbocycles. The van der Waals surface area contributed by atoms with Crippen molar-refractivity contribution in [2.45, 2.75) is 58.0 Å². The van der Waals surface area contributed by atoms with E-state index in [-0.39, 0.29) is 11.9 Å². The van der Waals surface area contributed by atoms with Gasteiger partial charge in [-0.2, -0.15) is 0 Å². The van der Waals surface area contributed by atoms with E-state index in [9.17, 15) is 4.79 Å². The lowest BCUT2D eigenvalue weighted by Crippen LogP contribution is -2.44. The molecule has 0 aromatic carbocycles. The van der Waals surface area contributed by atoms with Gasteiger partial charge in [-0.05, 0) is 26.7 Å². The molecule has 21 heavy (non-hydrogen) atoms. The molecule has 0 saturated heterocycles. The second kappa shape index (κ2) is 10.4. The zero-order valence-corrected chi connectivity index (χ0v) is 13.6. The van der Waals surface area contributed by atoms with Crippen molar-refractivity contribution in [2.75, 3.05) is 26.8 Å². The first-order valence-electron chi connectivity index (χ1n) is 7.98. The average molecular weight is 298 g/mol. The highest BCUT2D eigenvalue weighted by atomic mass is 16.5. The summed E-state index contributed by atoms with van der Waals surface area (Å²) < 4.78 is 5.09. The highest BCUT2D eigenvalue weighted by molar-refractivity contribution is 5.81. The highest BCUT2D eigenvalue weighted by Crippen LogP contribution is 2.17. The number of amides is 1. The van der Waals surface area contributed by atoms with Crippen molar-refractivity contribution < 1.29 is 9.53 Å². The van der Waals surface area contributed by atoms with E-state index in [4.69, 9.17) is 4.74 Å². The van der Waals surface area contributed by atoms with Crippen LogP contribution in [0, 0.1) is 0 Å². The predicted octanol–water partition coefficient (Wildman–Crippen LogP) is 1.03. The van der Waals surface area contributed by atoms with E-state index in [0.717, 1.165) is 25.3 Å². The summed E-state index contributed by atoms with van der Waals surface area (Å²) in [7, 11) is 1.68. The van der Waals surface area contributed by atoms with Crippen LogP contribution in [-0.4, -0.2) is 50.8 Å². The standard InChI is InChI=1S/C15H30N4O2/c1-4-16-15(18-12(2)11-21-3)17-10-9-14(20)19-13-7-5-6-8-13/h12-13H,4-11H2,1-3H3,(H,19,20)(H2,16,17,18). The van der Waals surface area contributed by atoms with Crippen LogP contribution in [-0.2, 0) is 9.53 Å². The number of aliphatic imine (C=N–C) groups is 1. The second-order valence-corrected chi connectivity index (χ2v) is 5.56. The van der Waals surface area contributed by atoms with Crippen LogP contribution in [0.3, 0.4) is 0 Å². The lowest BCUT2D eigenvalue weighted by atomic mass is 10.2. The van der Waals surface area contributed by atoms with Gasteiger partial charge >= 0.3 is 0 Å². The van der Waals surface area contributed by atoms with E-state index >= 15 is 0 Å². The first kappa shape index (κ1) is 17.8. The Morgan fingerprint density at radius 2 is 2.10 bits per heavy atom. The summed E-state index contributed by atoms with van der Waals surface area (Å²) >= 11 is 0. The molecule has 1 unspecified atom stereocenters. The molecule has 1 amide bonds. The normalized spacial score (nSPS) is 17.6. The molecule has 3 N–H and O–H groups in total. The number of carbonyl (C=O) groups is 1. The number of ether oxygens (including phenoxy) is 1. The number of methoxy groups -OCH3 is 1. The highest BCUT2D eigenvalue weighted by Gasteiger charge is 2.16. The number of hydrogen-bond acceptors (Lipinski definition) is 3. The predicted molar refractivity (Wildman–Crippen MR) is 85.5 cm³/mol. The Balaban J connectivity index is 2.29. The first-order chi connectivity index (χ1) is 10.2. The molecule has 1 atom stereocenters. The maximum absolute atomic E-state index is 11.8. The molecule has 1 rings (SSSR count). The van der Waals surface area contributed by atoms with Crippen molar-refractivity contribution in [1.29, 1.82) is 0 Å². The van der Waals surface area contributed by atoms with Gasteiger partial charge in [-0.3, -0.25) is 9.79 Å².